The van der Waals surface area contributed by atoms with Crippen LogP contribution in [0, 0.1) is 0 Å². The van der Waals surface area contributed by atoms with Crippen LogP contribution in [-0.4, -0.2) is 22.6 Å². The van der Waals surface area contributed by atoms with E-state index in [2.05, 4.69) is 10.3 Å². The molecule has 2 aromatic carbocycles. The Hall–Kier alpha value is -3.15. The molecule has 0 unspecified atom stereocenters. The molecule has 23 heavy (non-hydrogen) atoms. The summed E-state index contributed by atoms with van der Waals surface area (Å²) < 4.78 is 6.60. The zero-order valence-corrected chi connectivity index (χ0v) is 12.7. The highest BCUT2D eigenvalue weighted by Gasteiger charge is 2.07. The molecule has 0 saturated heterocycles. The summed E-state index contributed by atoms with van der Waals surface area (Å²) in [6.07, 6.45) is 1.48. The average molecular weight is 309 g/mol. The van der Waals surface area contributed by atoms with Crippen LogP contribution in [0.15, 0.2) is 53.6 Å². The Morgan fingerprint density at radius 3 is 2.57 bits per heavy atom. The van der Waals surface area contributed by atoms with Crippen molar-refractivity contribution < 1.29 is 9.53 Å². The number of anilines is 1. The van der Waals surface area contributed by atoms with Crippen LogP contribution in [0.5, 0.6) is 5.75 Å². The van der Waals surface area contributed by atoms with Gasteiger partial charge in [-0.1, -0.05) is 0 Å². The molecule has 0 bridgehead atoms. The average Bonchev–Trinajstić information content (AvgIpc) is 2.55. The fraction of sp³-hybridized carbons (Fsp3) is 0.118. The number of carbonyl (C=O) groups is 1. The zero-order chi connectivity index (χ0) is 16.4. The molecule has 0 fully saturated rings. The molecule has 0 spiro atoms. The number of ether oxygens (including phenoxy) is 1. The van der Waals surface area contributed by atoms with Crippen molar-refractivity contribution >= 4 is 22.5 Å². The van der Waals surface area contributed by atoms with Crippen LogP contribution in [0.4, 0.5) is 5.69 Å². The molecule has 0 atom stereocenters. The monoisotopic (exact) mass is 309 g/mol. The van der Waals surface area contributed by atoms with Gasteiger partial charge in [-0.05, 0) is 36.4 Å². The molecule has 116 valence electrons. The second kappa shape index (κ2) is 5.92. The fourth-order valence-corrected chi connectivity index (χ4v) is 2.32. The number of methoxy groups -OCH3 is 1. The van der Waals surface area contributed by atoms with Gasteiger partial charge in [0.2, 0.25) is 5.91 Å². The minimum Gasteiger partial charge on any atom is -0.497 e. The molecule has 1 N–H and O–H groups in total. The van der Waals surface area contributed by atoms with Gasteiger partial charge in [-0.15, -0.1) is 0 Å². The molecule has 3 rings (SSSR count). The summed E-state index contributed by atoms with van der Waals surface area (Å²) in [5.41, 5.74) is 1.77. The standard InChI is InChI=1S/C17H15N3O3/c1-11(21)19-12-3-5-13(6-4-12)20-10-18-16-9-14(23-2)7-8-15(16)17(20)22/h3-10H,1-2H3,(H,19,21). The molecule has 6 heteroatoms. The number of hydrogen-bond acceptors (Lipinski definition) is 4. The lowest BCUT2D eigenvalue weighted by molar-refractivity contribution is -0.114. The summed E-state index contributed by atoms with van der Waals surface area (Å²) in [6.45, 7) is 1.44. The number of carbonyl (C=O) groups excluding carboxylic acids is 1. The maximum Gasteiger partial charge on any atom is 0.265 e. The van der Waals surface area contributed by atoms with Crippen molar-refractivity contribution in [1.29, 1.82) is 0 Å². The summed E-state index contributed by atoms with van der Waals surface area (Å²) in [6, 6.07) is 12.1. The second-order valence-electron chi connectivity index (χ2n) is 5.03. The molecule has 6 nitrogen and oxygen atoms in total. The number of aromatic nitrogens is 2. The van der Waals surface area contributed by atoms with Crippen LogP contribution in [0.3, 0.4) is 0 Å². The summed E-state index contributed by atoms with van der Waals surface area (Å²) in [7, 11) is 1.57. The first-order valence-electron chi connectivity index (χ1n) is 7.02. The van der Waals surface area contributed by atoms with Crippen LogP contribution in [-0.2, 0) is 4.79 Å². The van der Waals surface area contributed by atoms with Gasteiger partial charge >= 0.3 is 0 Å². The number of nitrogens with zero attached hydrogens (tertiary/aromatic N) is 2. The van der Waals surface area contributed by atoms with Crippen molar-refractivity contribution in [3.8, 4) is 11.4 Å². The van der Waals surface area contributed by atoms with E-state index in [1.165, 1.54) is 17.8 Å². The van der Waals surface area contributed by atoms with Crippen molar-refractivity contribution in [3.05, 3.63) is 59.1 Å². The Labute approximate surface area is 132 Å². The number of rotatable bonds is 3. The molecule has 1 aromatic heterocycles. The van der Waals surface area contributed by atoms with E-state index in [-0.39, 0.29) is 11.5 Å². The first-order chi connectivity index (χ1) is 11.1. The van der Waals surface area contributed by atoms with Crippen molar-refractivity contribution in [1.82, 2.24) is 9.55 Å². The summed E-state index contributed by atoms with van der Waals surface area (Å²) >= 11 is 0. The molecule has 0 saturated carbocycles. The van der Waals surface area contributed by atoms with Gasteiger partial charge in [0.15, 0.2) is 0 Å². The van der Waals surface area contributed by atoms with Crippen LogP contribution in [0.1, 0.15) is 6.92 Å². The highest BCUT2D eigenvalue weighted by Crippen LogP contribution is 2.17. The van der Waals surface area contributed by atoms with E-state index in [1.54, 1.807) is 49.6 Å². The first kappa shape index (κ1) is 14.8. The third-order valence-electron chi connectivity index (χ3n) is 3.43. The van der Waals surface area contributed by atoms with Gasteiger partial charge in [0, 0.05) is 18.7 Å². The lowest BCUT2D eigenvalue weighted by Gasteiger charge is -2.08. The molecule has 3 aromatic rings. The molecule has 0 aliphatic heterocycles. The zero-order valence-electron chi connectivity index (χ0n) is 12.7. The van der Waals surface area contributed by atoms with Gasteiger partial charge in [-0.2, -0.15) is 0 Å². The minimum atomic E-state index is -0.162. The van der Waals surface area contributed by atoms with Crippen LogP contribution >= 0.6 is 0 Å². The number of benzene rings is 2. The van der Waals surface area contributed by atoms with E-state index in [0.29, 0.717) is 28.0 Å². The van der Waals surface area contributed by atoms with Gasteiger partial charge in [-0.25, -0.2) is 4.98 Å². The third-order valence-corrected chi connectivity index (χ3v) is 3.43. The van der Waals surface area contributed by atoms with Gasteiger partial charge in [0.25, 0.3) is 5.56 Å². The SMILES string of the molecule is COc1ccc2c(=O)n(-c3ccc(NC(C)=O)cc3)cnc2c1. The maximum atomic E-state index is 12.6. The van der Waals surface area contributed by atoms with Crippen molar-refractivity contribution in [2.45, 2.75) is 6.92 Å². The number of amides is 1. The molecule has 0 aliphatic rings. The van der Waals surface area contributed by atoms with Gasteiger partial charge < -0.3 is 10.1 Å². The topological polar surface area (TPSA) is 73.2 Å². The summed E-state index contributed by atoms with van der Waals surface area (Å²) in [5, 5.41) is 3.20. The van der Waals surface area contributed by atoms with E-state index in [1.807, 2.05) is 0 Å². The Balaban J connectivity index is 2.04. The fourth-order valence-electron chi connectivity index (χ4n) is 2.32. The minimum absolute atomic E-state index is 0.142. The largest absolute Gasteiger partial charge is 0.497 e. The molecule has 0 aliphatic carbocycles. The number of nitrogens with one attached hydrogen (secondary N) is 1. The predicted molar refractivity (Wildman–Crippen MR) is 88.2 cm³/mol. The Morgan fingerprint density at radius 2 is 1.91 bits per heavy atom. The normalized spacial score (nSPS) is 10.5. The number of fused-ring (bicyclic) bond motifs is 1. The third kappa shape index (κ3) is 2.91. The summed E-state index contributed by atoms with van der Waals surface area (Å²) in [5.74, 6) is 0.512. The molecular weight excluding hydrogens is 294 g/mol. The number of hydrogen-bond donors (Lipinski definition) is 1. The highest BCUT2D eigenvalue weighted by atomic mass is 16.5. The Kier molecular flexibility index (Phi) is 3.80. The van der Waals surface area contributed by atoms with E-state index in [9.17, 15) is 9.59 Å². The maximum absolute atomic E-state index is 12.6. The molecular formula is C17H15N3O3. The van der Waals surface area contributed by atoms with Gasteiger partial charge in [0.1, 0.15) is 12.1 Å². The smallest absolute Gasteiger partial charge is 0.265 e. The van der Waals surface area contributed by atoms with Crippen LogP contribution < -0.4 is 15.6 Å². The van der Waals surface area contributed by atoms with Crippen molar-refractivity contribution in [2.24, 2.45) is 0 Å². The van der Waals surface area contributed by atoms with Crippen molar-refractivity contribution in [2.75, 3.05) is 12.4 Å². The highest BCUT2D eigenvalue weighted by molar-refractivity contribution is 5.88. The van der Waals surface area contributed by atoms with Gasteiger partial charge in [0.05, 0.1) is 23.7 Å². The summed E-state index contributed by atoms with van der Waals surface area (Å²) in [4.78, 5) is 27.9. The van der Waals surface area contributed by atoms with E-state index in [4.69, 9.17) is 4.74 Å². The second-order valence-corrected chi connectivity index (χ2v) is 5.03. The quantitative estimate of drug-likeness (QED) is 0.806. The first-order valence-corrected chi connectivity index (χ1v) is 7.02. The molecule has 1 heterocycles. The Morgan fingerprint density at radius 1 is 1.17 bits per heavy atom. The van der Waals surface area contributed by atoms with Crippen LogP contribution in [0.25, 0.3) is 16.6 Å². The van der Waals surface area contributed by atoms with Crippen LogP contribution in [0.2, 0.25) is 0 Å². The van der Waals surface area contributed by atoms with E-state index in [0.717, 1.165) is 0 Å². The lowest BCUT2D eigenvalue weighted by atomic mass is 10.2. The predicted octanol–water partition coefficient (Wildman–Crippen LogP) is 2.35. The van der Waals surface area contributed by atoms with E-state index < -0.39 is 0 Å². The van der Waals surface area contributed by atoms with E-state index >= 15 is 0 Å². The van der Waals surface area contributed by atoms with Gasteiger partial charge in [-0.3, -0.25) is 14.2 Å². The molecule has 1 amide bonds. The molecule has 0 radical (unpaired) electrons. The lowest BCUT2D eigenvalue weighted by Crippen LogP contribution is -2.18. The Bertz CT molecular complexity index is 930. The van der Waals surface area contributed by atoms with Crippen molar-refractivity contribution in [3.63, 3.8) is 0 Å².